The molecule has 0 aromatic heterocycles. The number of hydrogen-bond donors (Lipinski definition) is 1. The Morgan fingerprint density at radius 1 is 1.35 bits per heavy atom. The predicted octanol–water partition coefficient (Wildman–Crippen LogP) is 3.19. The van der Waals surface area contributed by atoms with Crippen LogP contribution >= 0.6 is 11.6 Å². The van der Waals surface area contributed by atoms with Crippen molar-refractivity contribution in [3.63, 3.8) is 0 Å². The summed E-state index contributed by atoms with van der Waals surface area (Å²) < 4.78 is 11.6. The number of halogens is 1. The second-order valence-electron chi connectivity index (χ2n) is 5.87. The molecule has 110 valence electrons. The fraction of sp³-hybridized carbons (Fsp3) is 0.625. The summed E-state index contributed by atoms with van der Waals surface area (Å²) in [6.07, 6.45) is 3.13. The molecule has 1 spiro atoms. The summed E-state index contributed by atoms with van der Waals surface area (Å²) in [5.74, 6) is 0.537. The van der Waals surface area contributed by atoms with Crippen molar-refractivity contribution in [1.82, 2.24) is 5.32 Å². The topological polar surface area (TPSA) is 30.5 Å². The highest BCUT2D eigenvalue weighted by Crippen LogP contribution is 2.41. The predicted molar refractivity (Wildman–Crippen MR) is 80.1 cm³/mol. The maximum atomic E-state index is 6.37. The fourth-order valence-electron chi connectivity index (χ4n) is 3.59. The van der Waals surface area contributed by atoms with Crippen LogP contribution in [-0.2, 0) is 9.47 Å². The van der Waals surface area contributed by atoms with E-state index in [0.29, 0.717) is 5.92 Å². The molecule has 3 rings (SSSR count). The zero-order valence-electron chi connectivity index (χ0n) is 11.9. The van der Waals surface area contributed by atoms with Gasteiger partial charge in [-0.2, -0.15) is 0 Å². The van der Waals surface area contributed by atoms with Gasteiger partial charge in [-0.05, 0) is 37.4 Å². The van der Waals surface area contributed by atoms with Gasteiger partial charge in [-0.1, -0.05) is 29.8 Å². The van der Waals surface area contributed by atoms with Crippen molar-refractivity contribution >= 4 is 11.6 Å². The van der Waals surface area contributed by atoms with Crippen molar-refractivity contribution in [3.8, 4) is 0 Å². The number of benzene rings is 1. The average Bonchev–Trinajstić information content (AvgIpc) is 2.90. The number of nitrogens with one attached hydrogen (secondary N) is 1. The van der Waals surface area contributed by atoms with Crippen LogP contribution in [0.25, 0.3) is 0 Å². The van der Waals surface area contributed by atoms with Gasteiger partial charge in [0.2, 0.25) is 0 Å². The van der Waals surface area contributed by atoms with Gasteiger partial charge < -0.3 is 14.8 Å². The van der Waals surface area contributed by atoms with Crippen LogP contribution in [0, 0.1) is 5.92 Å². The number of ether oxygens (including phenoxy) is 2. The van der Waals surface area contributed by atoms with Crippen molar-refractivity contribution in [3.05, 3.63) is 34.9 Å². The third kappa shape index (κ3) is 2.73. The summed E-state index contributed by atoms with van der Waals surface area (Å²) in [5, 5.41) is 4.30. The minimum atomic E-state index is -0.0563. The van der Waals surface area contributed by atoms with Gasteiger partial charge in [-0.3, -0.25) is 0 Å². The van der Waals surface area contributed by atoms with Gasteiger partial charge >= 0.3 is 0 Å². The van der Waals surface area contributed by atoms with Crippen LogP contribution in [0.2, 0.25) is 5.02 Å². The first-order valence-electron chi connectivity index (χ1n) is 7.37. The molecule has 0 saturated carbocycles. The van der Waals surface area contributed by atoms with Gasteiger partial charge in [0.25, 0.3) is 0 Å². The maximum Gasteiger partial charge on any atom is 0.0940 e. The molecule has 3 nitrogen and oxygen atoms in total. The monoisotopic (exact) mass is 295 g/mol. The van der Waals surface area contributed by atoms with E-state index in [2.05, 4.69) is 17.4 Å². The first-order chi connectivity index (χ1) is 9.74. The highest BCUT2D eigenvalue weighted by atomic mass is 35.5. The molecule has 1 aromatic carbocycles. The summed E-state index contributed by atoms with van der Waals surface area (Å²) in [7, 11) is 2.02. The second kappa shape index (κ2) is 6.02. The molecule has 1 N–H and O–H groups in total. The zero-order valence-corrected chi connectivity index (χ0v) is 12.7. The van der Waals surface area contributed by atoms with Crippen molar-refractivity contribution in [2.45, 2.75) is 30.9 Å². The molecule has 0 aliphatic carbocycles. The number of rotatable bonds is 3. The molecule has 2 saturated heterocycles. The van der Waals surface area contributed by atoms with Crippen LogP contribution in [0.4, 0.5) is 0 Å². The molecule has 4 heteroatoms. The van der Waals surface area contributed by atoms with Crippen LogP contribution in [0.5, 0.6) is 0 Å². The van der Waals surface area contributed by atoms with Crippen LogP contribution in [0.15, 0.2) is 24.3 Å². The van der Waals surface area contributed by atoms with Crippen LogP contribution in [0.3, 0.4) is 0 Å². The van der Waals surface area contributed by atoms with Crippen molar-refractivity contribution in [2.24, 2.45) is 5.92 Å². The Morgan fingerprint density at radius 2 is 2.20 bits per heavy atom. The van der Waals surface area contributed by atoms with Crippen molar-refractivity contribution in [1.29, 1.82) is 0 Å². The Bertz CT molecular complexity index is 460. The summed E-state index contributed by atoms with van der Waals surface area (Å²) in [4.78, 5) is 0. The third-order valence-corrected chi connectivity index (χ3v) is 4.97. The molecule has 0 bridgehead atoms. The van der Waals surface area contributed by atoms with Gasteiger partial charge in [-0.25, -0.2) is 0 Å². The van der Waals surface area contributed by atoms with E-state index < -0.39 is 0 Å². The molecule has 2 fully saturated rings. The lowest BCUT2D eigenvalue weighted by Crippen LogP contribution is -2.43. The van der Waals surface area contributed by atoms with Gasteiger partial charge in [0.05, 0.1) is 12.2 Å². The summed E-state index contributed by atoms with van der Waals surface area (Å²) in [6, 6.07) is 8.41. The normalized spacial score (nSPS) is 31.6. The Balaban J connectivity index is 1.81. The lowest BCUT2D eigenvalue weighted by Gasteiger charge is -2.40. The Kier molecular flexibility index (Phi) is 4.32. The Morgan fingerprint density at radius 3 is 2.90 bits per heavy atom. The molecule has 2 heterocycles. The van der Waals surface area contributed by atoms with E-state index in [4.69, 9.17) is 21.1 Å². The second-order valence-corrected chi connectivity index (χ2v) is 6.28. The summed E-state index contributed by atoms with van der Waals surface area (Å²) in [6.45, 7) is 2.38. The molecule has 0 radical (unpaired) electrons. The fourth-order valence-corrected chi connectivity index (χ4v) is 3.84. The highest BCUT2D eigenvalue weighted by Gasteiger charge is 2.43. The molecular formula is C16H22ClNO2. The van der Waals surface area contributed by atoms with E-state index in [1.54, 1.807) is 0 Å². The highest BCUT2D eigenvalue weighted by molar-refractivity contribution is 6.31. The minimum absolute atomic E-state index is 0.0563. The Hall–Kier alpha value is -0.610. The molecule has 0 amide bonds. The average molecular weight is 296 g/mol. The van der Waals surface area contributed by atoms with E-state index in [9.17, 15) is 0 Å². The first kappa shape index (κ1) is 14.3. The lowest BCUT2D eigenvalue weighted by atomic mass is 9.79. The van der Waals surface area contributed by atoms with E-state index in [1.807, 2.05) is 19.2 Å². The molecule has 20 heavy (non-hydrogen) atoms. The maximum absolute atomic E-state index is 6.37. The third-order valence-electron chi connectivity index (χ3n) is 4.62. The van der Waals surface area contributed by atoms with E-state index in [0.717, 1.165) is 44.1 Å². The largest absolute Gasteiger partial charge is 0.378 e. The standard InChI is InChI=1S/C16H22ClNO2/c1-18-15(13-4-2-3-5-14(13)17)12-6-8-20-16(10-12)7-9-19-11-16/h2-5,12,15,18H,6-11H2,1H3. The van der Waals surface area contributed by atoms with Crippen LogP contribution in [0.1, 0.15) is 30.9 Å². The quantitative estimate of drug-likeness (QED) is 0.929. The molecule has 3 atom stereocenters. The van der Waals surface area contributed by atoms with E-state index in [-0.39, 0.29) is 11.6 Å². The first-order valence-corrected chi connectivity index (χ1v) is 7.75. The molecule has 2 aliphatic heterocycles. The number of hydrogen-bond acceptors (Lipinski definition) is 3. The van der Waals surface area contributed by atoms with Crippen molar-refractivity contribution < 1.29 is 9.47 Å². The smallest absolute Gasteiger partial charge is 0.0940 e. The van der Waals surface area contributed by atoms with E-state index >= 15 is 0 Å². The molecule has 2 aliphatic rings. The van der Waals surface area contributed by atoms with Gasteiger partial charge in [0, 0.05) is 30.7 Å². The molecule has 1 aromatic rings. The summed E-state index contributed by atoms with van der Waals surface area (Å²) in [5.41, 5.74) is 1.14. The molecule has 3 unspecified atom stereocenters. The van der Waals surface area contributed by atoms with Gasteiger partial charge in [-0.15, -0.1) is 0 Å². The Labute approximate surface area is 125 Å². The zero-order chi connectivity index (χ0) is 14.0. The van der Waals surface area contributed by atoms with Crippen molar-refractivity contribution in [2.75, 3.05) is 26.9 Å². The lowest BCUT2D eigenvalue weighted by molar-refractivity contribution is -0.103. The SMILES string of the molecule is CNC(c1ccccc1Cl)C1CCOC2(CCOC2)C1. The summed E-state index contributed by atoms with van der Waals surface area (Å²) >= 11 is 6.37. The van der Waals surface area contributed by atoms with E-state index in [1.165, 1.54) is 5.56 Å². The van der Waals surface area contributed by atoms with Gasteiger partial charge in [0.1, 0.15) is 0 Å². The minimum Gasteiger partial charge on any atom is -0.378 e. The van der Waals surface area contributed by atoms with Crippen LogP contribution in [-0.4, -0.2) is 32.5 Å². The molecular weight excluding hydrogens is 274 g/mol. The van der Waals surface area contributed by atoms with Gasteiger partial charge in [0.15, 0.2) is 0 Å². The van der Waals surface area contributed by atoms with Crippen LogP contribution < -0.4 is 5.32 Å².